The van der Waals surface area contributed by atoms with Gasteiger partial charge in [-0.3, -0.25) is 4.79 Å². The monoisotopic (exact) mass is 344 g/mol. The summed E-state index contributed by atoms with van der Waals surface area (Å²) in [5.74, 6) is -0.0907. The van der Waals surface area contributed by atoms with Crippen LogP contribution in [0.15, 0.2) is 29.2 Å². The molecular weight excluding hydrogens is 324 g/mol. The number of carbonyl (C=O) groups excluding carboxylic acids is 1. The molecule has 0 atom stereocenters. The van der Waals surface area contributed by atoms with Crippen molar-refractivity contribution in [3.05, 3.63) is 45.8 Å². The molecule has 5 heteroatoms. The predicted molar refractivity (Wildman–Crippen MR) is 98.3 cm³/mol. The fourth-order valence-electron chi connectivity index (χ4n) is 2.16. The maximum absolute atomic E-state index is 12.2. The van der Waals surface area contributed by atoms with Crippen LogP contribution < -0.4 is 5.32 Å². The van der Waals surface area contributed by atoms with Crippen molar-refractivity contribution >= 4 is 34.0 Å². The molecule has 3 nitrogen and oxygen atoms in total. The summed E-state index contributed by atoms with van der Waals surface area (Å²) in [5.41, 5.74) is 2.49. The SMILES string of the molecule is Cc1sc(NC(=O)Cc2ccc(SC(C)C)cc2)c(C#N)c1C. The van der Waals surface area contributed by atoms with Gasteiger partial charge in [0.15, 0.2) is 0 Å². The third-order valence-electron chi connectivity index (χ3n) is 3.41. The van der Waals surface area contributed by atoms with E-state index in [1.54, 1.807) is 11.8 Å². The number of amides is 1. The maximum Gasteiger partial charge on any atom is 0.229 e. The molecule has 0 unspecified atom stereocenters. The Kier molecular flexibility index (Phi) is 5.86. The van der Waals surface area contributed by atoms with Gasteiger partial charge >= 0.3 is 0 Å². The van der Waals surface area contributed by atoms with Gasteiger partial charge in [-0.25, -0.2) is 0 Å². The van der Waals surface area contributed by atoms with E-state index in [0.29, 0.717) is 22.2 Å². The minimum absolute atomic E-state index is 0.0907. The highest BCUT2D eigenvalue weighted by molar-refractivity contribution is 7.99. The number of carbonyl (C=O) groups is 1. The normalized spacial score (nSPS) is 10.6. The van der Waals surface area contributed by atoms with Crippen molar-refractivity contribution in [1.82, 2.24) is 0 Å². The summed E-state index contributed by atoms with van der Waals surface area (Å²) >= 11 is 3.26. The number of thiophene rings is 1. The summed E-state index contributed by atoms with van der Waals surface area (Å²) in [6.07, 6.45) is 0.313. The second-order valence-electron chi connectivity index (χ2n) is 5.63. The second kappa shape index (κ2) is 7.67. The first-order chi connectivity index (χ1) is 10.9. The second-order valence-corrected chi connectivity index (χ2v) is 8.51. The third kappa shape index (κ3) is 4.60. The van der Waals surface area contributed by atoms with Crippen molar-refractivity contribution in [2.75, 3.05) is 5.32 Å². The molecule has 1 amide bonds. The Labute approximate surface area is 145 Å². The van der Waals surface area contributed by atoms with E-state index in [1.807, 2.05) is 38.1 Å². The van der Waals surface area contributed by atoms with Crippen molar-refractivity contribution in [2.24, 2.45) is 0 Å². The molecule has 2 aromatic rings. The zero-order valence-corrected chi connectivity index (χ0v) is 15.4. The molecule has 2 rings (SSSR count). The zero-order valence-electron chi connectivity index (χ0n) is 13.8. The van der Waals surface area contributed by atoms with Crippen LogP contribution in [0.25, 0.3) is 0 Å². The molecule has 0 aliphatic carbocycles. The molecule has 1 heterocycles. The molecule has 0 fully saturated rings. The van der Waals surface area contributed by atoms with Crippen LogP contribution in [0.4, 0.5) is 5.00 Å². The number of aryl methyl sites for hydroxylation is 1. The van der Waals surface area contributed by atoms with Gasteiger partial charge in [-0.15, -0.1) is 23.1 Å². The standard InChI is InChI=1S/C18H20N2OS2/c1-11(2)22-15-7-5-14(6-8-15)9-17(21)20-18-16(10-19)12(3)13(4)23-18/h5-8,11H,9H2,1-4H3,(H,20,21). The fourth-order valence-corrected chi connectivity index (χ4v) is 4.03. The van der Waals surface area contributed by atoms with E-state index in [0.717, 1.165) is 16.0 Å². The Hall–Kier alpha value is -1.77. The summed E-state index contributed by atoms with van der Waals surface area (Å²) in [7, 11) is 0. The lowest BCUT2D eigenvalue weighted by atomic mass is 10.1. The van der Waals surface area contributed by atoms with Crippen LogP contribution in [-0.2, 0) is 11.2 Å². The molecule has 0 radical (unpaired) electrons. The van der Waals surface area contributed by atoms with E-state index in [9.17, 15) is 10.1 Å². The van der Waals surface area contributed by atoms with E-state index < -0.39 is 0 Å². The van der Waals surface area contributed by atoms with Gasteiger partial charge in [0.2, 0.25) is 5.91 Å². The maximum atomic E-state index is 12.2. The molecule has 23 heavy (non-hydrogen) atoms. The van der Waals surface area contributed by atoms with Gasteiger partial charge < -0.3 is 5.32 Å². The number of benzene rings is 1. The Bertz CT molecular complexity index is 740. The molecular formula is C18H20N2OS2. The highest BCUT2D eigenvalue weighted by atomic mass is 32.2. The van der Waals surface area contributed by atoms with Crippen LogP contribution in [0.5, 0.6) is 0 Å². The summed E-state index contributed by atoms with van der Waals surface area (Å²) in [6, 6.07) is 10.2. The summed E-state index contributed by atoms with van der Waals surface area (Å²) in [5, 5.41) is 13.3. The average molecular weight is 345 g/mol. The van der Waals surface area contributed by atoms with E-state index >= 15 is 0 Å². The predicted octanol–water partition coefficient (Wildman–Crippen LogP) is 4.92. The minimum atomic E-state index is -0.0907. The molecule has 0 aliphatic heterocycles. The van der Waals surface area contributed by atoms with Gasteiger partial charge in [0, 0.05) is 15.0 Å². The van der Waals surface area contributed by atoms with E-state index in [4.69, 9.17) is 0 Å². The smallest absolute Gasteiger partial charge is 0.229 e. The number of anilines is 1. The first kappa shape index (κ1) is 17.6. The van der Waals surface area contributed by atoms with Crippen molar-refractivity contribution in [1.29, 1.82) is 5.26 Å². The number of nitrogens with one attached hydrogen (secondary N) is 1. The van der Waals surface area contributed by atoms with Crippen LogP contribution in [0.2, 0.25) is 0 Å². The highest BCUT2D eigenvalue weighted by Gasteiger charge is 2.14. The number of thioether (sulfide) groups is 1. The fraction of sp³-hybridized carbons (Fsp3) is 0.333. The molecule has 0 aliphatic rings. The van der Waals surface area contributed by atoms with Gasteiger partial charge in [0.1, 0.15) is 11.1 Å². The highest BCUT2D eigenvalue weighted by Crippen LogP contribution is 2.31. The van der Waals surface area contributed by atoms with Crippen LogP contribution in [-0.4, -0.2) is 11.2 Å². The van der Waals surface area contributed by atoms with Crippen LogP contribution in [0.1, 0.15) is 35.4 Å². The lowest BCUT2D eigenvalue weighted by Gasteiger charge is -2.07. The van der Waals surface area contributed by atoms with E-state index in [2.05, 4.69) is 25.2 Å². The molecule has 120 valence electrons. The number of hydrogen-bond donors (Lipinski definition) is 1. The van der Waals surface area contributed by atoms with Gasteiger partial charge in [-0.2, -0.15) is 5.26 Å². The molecule has 0 spiro atoms. The average Bonchev–Trinajstić information content (AvgIpc) is 2.74. The van der Waals surface area contributed by atoms with Gasteiger partial charge in [-0.1, -0.05) is 26.0 Å². The number of hydrogen-bond acceptors (Lipinski definition) is 4. The van der Waals surface area contributed by atoms with E-state index in [-0.39, 0.29) is 5.91 Å². The lowest BCUT2D eigenvalue weighted by Crippen LogP contribution is -2.14. The molecule has 0 bridgehead atoms. The van der Waals surface area contributed by atoms with Crippen molar-refractivity contribution in [3.8, 4) is 6.07 Å². The van der Waals surface area contributed by atoms with Gasteiger partial charge in [-0.05, 0) is 37.1 Å². The van der Waals surface area contributed by atoms with Gasteiger partial charge in [0.25, 0.3) is 0 Å². The molecule has 0 saturated heterocycles. The summed E-state index contributed by atoms with van der Waals surface area (Å²) < 4.78 is 0. The first-order valence-electron chi connectivity index (χ1n) is 7.46. The first-order valence-corrected chi connectivity index (χ1v) is 9.16. The van der Waals surface area contributed by atoms with Crippen LogP contribution in [0.3, 0.4) is 0 Å². The largest absolute Gasteiger partial charge is 0.316 e. The Morgan fingerprint density at radius 2 is 1.96 bits per heavy atom. The summed E-state index contributed by atoms with van der Waals surface area (Å²) in [4.78, 5) is 14.5. The van der Waals surface area contributed by atoms with E-state index in [1.165, 1.54) is 16.2 Å². The van der Waals surface area contributed by atoms with Gasteiger partial charge in [0.05, 0.1) is 12.0 Å². The lowest BCUT2D eigenvalue weighted by molar-refractivity contribution is -0.115. The Morgan fingerprint density at radius 1 is 1.30 bits per heavy atom. The molecule has 1 N–H and O–H groups in total. The number of nitrogens with zero attached hydrogens (tertiary/aromatic N) is 1. The summed E-state index contributed by atoms with van der Waals surface area (Å²) in [6.45, 7) is 8.18. The number of rotatable bonds is 5. The Morgan fingerprint density at radius 3 is 2.52 bits per heavy atom. The molecule has 1 aromatic carbocycles. The van der Waals surface area contributed by atoms with Crippen molar-refractivity contribution < 1.29 is 4.79 Å². The zero-order chi connectivity index (χ0) is 17.0. The molecule has 1 aromatic heterocycles. The third-order valence-corrected chi connectivity index (χ3v) is 5.55. The topological polar surface area (TPSA) is 52.9 Å². The Balaban J connectivity index is 2.03. The van der Waals surface area contributed by atoms with Crippen molar-refractivity contribution in [2.45, 2.75) is 44.3 Å². The number of nitriles is 1. The molecule has 0 saturated carbocycles. The van der Waals surface area contributed by atoms with Crippen LogP contribution in [0, 0.1) is 25.2 Å². The van der Waals surface area contributed by atoms with Crippen molar-refractivity contribution in [3.63, 3.8) is 0 Å². The van der Waals surface area contributed by atoms with Crippen LogP contribution >= 0.6 is 23.1 Å². The quantitative estimate of drug-likeness (QED) is 0.783. The minimum Gasteiger partial charge on any atom is -0.316 e.